The van der Waals surface area contributed by atoms with E-state index in [0.29, 0.717) is 19.1 Å². The number of benzene rings is 1. The average molecular weight is 433 g/mol. The Kier molecular flexibility index (Phi) is 8.05. The summed E-state index contributed by atoms with van der Waals surface area (Å²) in [4.78, 5) is 20.3. The molecule has 0 aliphatic carbocycles. The maximum Gasteiger partial charge on any atom is 0.234 e. The minimum absolute atomic E-state index is 0.144. The Bertz CT molecular complexity index is 688. The molecule has 166 valence electrons. The monoisotopic (exact) mass is 432 g/mol. The molecule has 3 saturated heterocycles. The molecule has 2 unspecified atom stereocenters. The van der Waals surface area contributed by atoms with Gasteiger partial charge in [0.1, 0.15) is 0 Å². The number of hydrogen-bond donors (Lipinski definition) is 1. The molecule has 0 spiro atoms. The Balaban J connectivity index is 1.30. The highest BCUT2D eigenvalue weighted by molar-refractivity contribution is 6.31. The van der Waals surface area contributed by atoms with Crippen molar-refractivity contribution in [2.45, 2.75) is 57.0 Å². The number of piperidine rings is 2. The van der Waals surface area contributed by atoms with Gasteiger partial charge in [0.2, 0.25) is 5.91 Å². The van der Waals surface area contributed by atoms with Gasteiger partial charge in [0.15, 0.2) is 0 Å². The van der Waals surface area contributed by atoms with Crippen LogP contribution in [0.3, 0.4) is 0 Å². The quantitative estimate of drug-likeness (QED) is 0.715. The molecule has 2 atom stereocenters. The summed E-state index contributed by atoms with van der Waals surface area (Å²) in [7, 11) is 0. The fourth-order valence-corrected chi connectivity index (χ4v) is 5.72. The van der Waals surface area contributed by atoms with Gasteiger partial charge in [-0.2, -0.15) is 0 Å². The lowest BCUT2D eigenvalue weighted by Gasteiger charge is -2.40. The second-order valence-corrected chi connectivity index (χ2v) is 9.62. The van der Waals surface area contributed by atoms with Gasteiger partial charge in [-0.25, -0.2) is 0 Å². The fraction of sp³-hybridized carbons (Fsp3) is 0.708. The van der Waals surface area contributed by atoms with E-state index in [9.17, 15) is 4.79 Å². The molecule has 1 aromatic rings. The summed E-state index contributed by atoms with van der Waals surface area (Å²) in [6.07, 6.45) is 8.96. The van der Waals surface area contributed by atoms with Gasteiger partial charge in [0, 0.05) is 24.2 Å². The third-order valence-electron chi connectivity index (χ3n) is 7.09. The van der Waals surface area contributed by atoms with Crippen molar-refractivity contribution in [3.63, 3.8) is 0 Å². The number of halogens is 1. The standard InChI is InChI=1S/C24H37ClN4O/c25-22-11-3-2-10-21(22)23(29-15-6-7-16-29)17-26-24(30)19-27-12-8-9-20(18-27)28-13-4-1-5-14-28/h2-3,10-11,20,23H,1,4-9,12-19H2,(H,26,30). The SMILES string of the molecule is O=C(CN1CCCC(N2CCCCC2)C1)NCC(c1ccccc1Cl)N1CCCC1. The Hall–Kier alpha value is -1.14. The minimum Gasteiger partial charge on any atom is -0.353 e. The van der Waals surface area contributed by atoms with E-state index in [1.807, 2.05) is 18.2 Å². The normalized spacial score (nSPS) is 25.3. The molecule has 4 rings (SSSR count). The van der Waals surface area contributed by atoms with Gasteiger partial charge in [-0.05, 0) is 82.9 Å². The molecule has 1 amide bonds. The highest BCUT2D eigenvalue weighted by atomic mass is 35.5. The smallest absolute Gasteiger partial charge is 0.234 e. The van der Waals surface area contributed by atoms with Crippen LogP contribution < -0.4 is 5.32 Å². The van der Waals surface area contributed by atoms with E-state index >= 15 is 0 Å². The Morgan fingerprint density at radius 3 is 2.50 bits per heavy atom. The molecule has 5 nitrogen and oxygen atoms in total. The molecule has 0 aromatic heterocycles. The zero-order valence-corrected chi connectivity index (χ0v) is 19.0. The minimum atomic E-state index is 0.144. The molecule has 30 heavy (non-hydrogen) atoms. The number of amides is 1. The maximum absolute atomic E-state index is 12.8. The van der Waals surface area contributed by atoms with Gasteiger partial charge < -0.3 is 5.32 Å². The second-order valence-electron chi connectivity index (χ2n) is 9.21. The molecule has 3 aliphatic rings. The summed E-state index contributed by atoms with van der Waals surface area (Å²) < 4.78 is 0. The van der Waals surface area contributed by atoms with Gasteiger partial charge >= 0.3 is 0 Å². The summed E-state index contributed by atoms with van der Waals surface area (Å²) >= 11 is 6.51. The number of carbonyl (C=O) groups is 1. The van der Waals surface area contributed by atoms with Crippen molar-refractivity contribution in [2.24, 2.45) is 0 Å². The van der Waals surface area contributed by atoms with E-state index in [4.69, 9.17) is 11.6 Å². The molecule has 0 radical (unpaired) electrons. The van der Waals surface area contributed by atoms with E-state index in [-0.39, 0.29) is 11.9 Å². The van der Waals surface area contributed by atoms with Crippen LogP contribution in [0.15, 0.2) is 24.3 Å². The third kappa shape index (κ3) is 5.76. The van der Waals surface area contributed by atoms with Crippen molar-refractivity contribution in [3.05, 3.63) is 34.9 Å². The summed E-state index contributed by atoms with van der Waals surface area (Å²) in [6, 6.07) is 8.86. The van der Waals surface area contributed by atoms with Crippen LogP contribution in [0.4, 0.5) is 0 Å². The first-order chi connectivity index (χ1) is 14.7. The second kappa shape index (κ2) is 10.9. The number of nitrogens with one attached hydrogen (secondary N) is 1. The molecule has 1 N–H and O–H groups in total. The molecular weight excluding hydrogens is 396 g/mol. The van der Waals surface area contributed by atoms with Gasteiger partial charge in [-0.1, -0.05) is 36.2 Å². The summed E-state index contributed by atoms with van der Waals surface area (Å²) in [5.74, 6) is 0.144. The van der Waals surface area contributed by atoms with E-state index in [0.717, 1.165) is 36.8 Å². The Morgan fingerprint density at radius 1 is 1.00 bits per heavy atom. The van der Waals surface area contributed by atoms with Gasteiger partial charge in [-0.3, -0.25) is 19.5 Å². The van der Waals surface area contributed by atoms with Crippen molar-refractivity contribution in [1.82, 2.24) is 20.0 Å². The molecule has 3 fully saturated rings. The fourth-order valence-electron chi connectivity index (χ4n) is 5.46. The molecule has 1 aromatic carbocycles. The highest BCUT2D eigenvalue weighted by Gasteiger charge is 2.28. The van der Waals surface area contributed by atoms with Crippen molar-refractivity contribution < 1.29 is 4.79 Å². The van der Waals surface area contributed by atoms with Crippen LogP contribution in [0.1, 0.15) is 56.6 Å². The van der Waals surface area contributed by atoms with E-state index in [2.05, 4.69) is 26.1 Å². The van der Waals surface area contributed by atoms with Crippen LogP contribution in [-0.4, -0.2) is 79.0 Å². The van der Waals surface area contributed by atoms with Crippen molar-refractivity contribution in [2.75, 3.05) is 52.4 Å². The Morgan fingerprint density at radius 2 is 1.73 bits per heavy atom. The summed E-state index contributed by atoms with van der Waals surface area (Å²) in [5, 5.41) is 4.03. The highest BCUT2D eigenvalue weighted by Crippen LogP contribution is 2.29. The molecule has 3 aliphatic heterocycles. The number of rotatable bonds is 7. The topological polar surface area (TPSA) is 38.8 Å². The van der Waals surface area contributed by atoms with Crippen molar-refractivity contribution in [1.29, 1.82) is 0 Å². The van der Waals surface area contributed by atoms with Gasteiger partial charge in [0.05, 0.1) is 12.6 Å². The summed E-state index contributed by atoms with van der Waals surface area (Å²) in [5.41, 5.74) is 1.13. The van der Waals surface area contributed by atoms with Crippen LogP contribution in [0, 0.1) is 0 Å². The molecule has 0 bridgehead atoms. The number of likely N-dealkylation sites (tertiary alicyclic amines) is 3. The number of nitrogens with zero attached hydrogens (tertiary/aromatic N) is 3. The van der Waals surface area contributed by atoms with Crippen LogP contribution >= 0.6 is 11.6 Å². The van der Waals surface area contributed by atoms with E-state index in [1.54, 1.807) is 0 Å². The zero-order valence-electron chi connectivity index (χ0n) is 18.2. The zero-order chi connectivity index (χ0) is 20.8. The van der Waals surface area contributed by atoms with Crippen LogP contribution in [-0.2, 0) is 4.79 Å². The lowest BCUT2D eigenvalue weighted by molar-refractivity contribution is -0.123. The van der Waals surface area contributed by atoms with Crippen LogP contribution in [0.25, 0.3) is 0 Å². The predicted molar refractivity (Wildman–Crippen MR) is 123 cm³/mol. The van der Waals surface area contributed by atoms with Crippen molar-refractivity contribution in [3.8, 4) is 0 Å². The van der Waals surface area contributed by atoms with Gasteiger partial charge in [-0.15, -0.1) is 0 Å². The molecule has 3 heterocycles. The van der Waals surface area contributed by atoms with Crippen LogP contribution in [0.5, 0.6) is 0 Å². The summed E-state index contributed by atoms with van der Waals surface area (Å²) in [6.45, 7) is 7.85. The third-order valence-corrected chi connectivity index (χ3v) is 7.44. The largest absolute Gasteiger partial charge is 0.353 e. The maximum atomic E-state index is 12.8. The van der Waals surface area contributed by atoms with Gasteiger partial charge in [0.25, 0.3) is 0 Å². The lowest BCUT2D eigenvalue weighted by Crippen LogP contribution is -2.51. The van der Waals surface area contributed by atoms with E-state index in [1.165, 1.54) is 58.0 Å². The number of carbonyl (C=O) groups excluding carboxylic acids is 1. The average Bonchev–Trinajstić information content (AvgIpc) is 3.30. The van der Waals surface area contributed by atoms with Crippen LogP contribution in [0.2, 0.25) is 5.02 Å². The molecule has 0 saturated carbocycles. The molecular formula is C24H37ClN4O. The lowest BCUT2D eigenvalue weighted by atomic mass is 10.0. The van der Waals surface area contributed by atoms with Crippen molar-refractivity contribution >= 4 is 17.5 Å². The van der Waals surface area contributed by atoms with E-state index < -0.39 is 0 Å². The molecule has 6 heteroatoms. The Labute approximate surface area is 186 Å². The first kappa shape index (κ1) is 22.1. The first-order valence-corrected chi connectivity index (χ1v) is 12.3. The first-order valence-electron chi connectivity index (χ1n) is 11.9. The predicted octanol–water partition coefficient (Wildman–Crippen LogP) is 3.54. The number of hydrogen-bond acceptors (Lipinski definition) is 4.